The molecule has 1 aromatic rings. The van der Waals surface area contributed by atoms with Gasteiger partial charge in [0.2, 0.25) is 0 Å². The van der Waals surface area contributed by atoms with Crippen molar-refractivity contribution in [3.8, 4) is 0 Å². The molecule has 0 aliphatic rings. The number of ether oxygens (including phenoxy) is 2. The lowest BCUT2D eigenvalue weighted by Gasteiger charge is -2.22. The van der Waals surface area contributed by atoms with E-state index in [0.717, 1.165) is 96.8 Å². The highest BCUT2D eigenvalue weighted by atomic mass is 16.5. The van der Waals surface area contributed by atoms with Crippen molar-refractivity contribution in [3.63, 3.8) is 0 Å². The fraction of sp³-hybridized carbons (Fsp3) is 0.900. The van der Waals surface area contributed by atoms with Crippen LogP contribution in [0.2, 0.25) is 0 Å². The van der Waals surface area contributed by atoms with Crippen molar-refractivity contribution in [2.24, 2.45) is 0 Å². The monoisotopic (exact) mass is 802 g/mol. The van der Waals surface area contributed by atoms with E-state index in [-0.39, 0.29) is 24.1 Å². The van der Waals surface area contributed by atoms with Crippen LogP contribution in [0.3, 0.4) is 0 Å². The maximum Gasteiger partial charge on any atom is 0.306 e. The molecule has 0 fully saturated rings. The van der Waals surface area contributed by atoms with Gasteiger partial charge in [0.05, 0.1) is 6.33 Å². The van der Waals surface area contributed by atoms with Crippen molar-refractivity contribution in [1.29, 1.82) is 0 Å². The van der Waals surface area contributed by atoms with Crippen LogP contribution in [-0.4, -0.2) is 58.2 Å². The Kier molecular flexibility index (Phi) is 38.1. The Labute approximate surface area is 354 Å². The number of aryl methyl sites for hydroxylation is 1. The van der Waals surface area contributed by atoms with Crippen LogP contribution in [0, 0.1) is 0 Å². The summed E-state index contributed by atoms with van der Waals surface area (Å²) in [7, 11) is 0. The lowest BCUT2D eigenvalue weighted by atomic mass is 10.0. The van der Waals surface area contributed by atoms with Gasteiger partial charge in [0.1, 0.15) is 12.2 Å². The normalized spacial score (nSPS) is 12.6. The van der Waals surface area contributed by atoms with Crippen molar-refractivity contribution < 1.29 is 19.1 Å². The van der Waals surface area contributed by atoms with Gasteiger partial charge in [-0.15, -0.1) is 0 Å². The molecule has 1 rings (SSSR count). The zero-order valence-corrected chi connectivity index (χ0v) is 38.4. The number of hydrogen-bond acceptors (Lipinski definition) is 6. The van der Waals surface area contributed by atoms with Crippen molar-refractivity contribution in [3.05, 3.63) is 18.7 Å². The molecule has 0 aliphatic carbocycles. The minimum absolute atomic E-state index is 0.0197. The van der Waals surface area contributed by atoms with Crippen LogP contribution in [0.5, 0.6) is 0 Å². The topological polar surface area (TPSA) is 73.7 Å². The van der Waals surface area contributed by atoms with E-state index in [9.17, 15) is 9.59 Å². The third kappa shape index (κ3) is 34.7. The molecule has 1 aromatic heterocycles. The number of hydrogen-bond donors (Lipinski definition) is 0. The van der Waals surface area contributed by atoms with Gasteiger partial charge in [0, 0.05) is 31.8 Å². The molecule has 0 N–H and O–H groups in total. The number of aromatic nitrogens is 2. The molecule has 334 valence electrons. The molecule has 57 heavy (non-hydrogen) atoms. The fourth-order valence-corrected chi connectivity index (χ4v) is 8.06. The minimum atomic E-state index is 0.0197. The highest BCUT2D eigenvalue weighted by Gasteiger charge is 2.16. The molecule has 2 unspecified atom stereocenters. The fourth-order valence-electron chi connectivity index (χ4n) is 8.06. The second-order valence-electron chi connectivity index (χ2n) is 17.4. The lowest BCUT2D eigenvalue weighted by Crippen LogP contribution is -2.28. The molecule has 7 nitrogen and oxygen atoms in total. The van der Waals surface area contributed by atoms with E-state index in [1.165, 1.54) is 141 Å². The second-order valence-corrected chi connectivity index (χ2v) is 17.4. The lowest BCUT2D eigenvalue weighted by molar-refractivity contribution is -0.151. The summed E-state index contributed by atoms with van der Waals surface area (Å²) in [5.74, 6) is 0.0394. The summed E-state index contributed by atoms with van der Waals surface area (Å²) >= 11 is 0. The molecule has 1 heterocycles. The maximum absolute atomic E-state index is 12.8. The van der Waals surface area contributed by atoms with E-state index in [1.54, 1.807) is 0 Å². The number of unbranched alkanes of at least 4 members (excludes halogenated alkanes) is 22. The van der Waals surface area contributed by atoms with Crippen molar-refractivity contribution in [2.45, 2.75) is 271 Å². The SMILES string of the molecule is CCCCCCCCC(CCCCCC)OC(=O)CCCCCCN(CCCCCCC(=O)OC(CCCCCC)CCCCCCCC)CCCn1ccnc1. The van der Waals surface area contributed by atoms with E-state index in [1.807, 2.05) is 18.7 Å². The minimum Gasteiger partial charge on any atom is -0.462 e. The highest BCUT2D eigenvalue weighted by molar-refractivity contribution is 5.69. The Morgan fingerprint density at radius 1 is 0.474 bits per heavy atom. The summed E-state index contributed by atoms with van der Waals surface area (Å²) < 4.78 is 14.3. The molecule has 0 aliphatic heterocycles. The van der Waals surface area contributed by atoms with Gasteiger partial charge in [-0.05, 0) is 103 Å². The number of nitrogens with zero attached hydrogens (tertiary/aromatic N) is 3. The van der Waals surface area contributed by atoms with E-state index in [4.69, 9.17) is 9.47 Å². The van der Waals surface area contributed by atoms with Crippen LogP contribution < -0.4 is 0 Å². The molecule has 0 radical (unpaired) electrons. The first-order valence-corrected chi connectivity index (χ1v) is 25.1. The van der Waals surface area contributed by atoms with E-state index in [2.05, 4.69) is 42.1 Å². The zero-order chi connectivity index (χ0) is 41.3. The molecule has 7 heteroatoms. The second kappa shape index (κ2) is 40.9. The van der Waals surface area contributed by atoms with E-state index in [0.29, 0.717) is 12.8 Å². The molecule has 0 amide bonds. The van der Waals surface area contributed by atoms with Gasteiger partial charge in [0.15, 0.2) is 0 Å². The largest absolute Gasteiger partial charge is 0.462 e. The molecular weight excluding hydrogens is 707 g/mol. The first-order chi connectivity index (χ1) is 28.0. The van der Waals surface area contributed by atoms with Gasteiger partial charge in [-0.1, -0.05) is 156 Å². The Hall–Kier alpha value is -1.89. The Morgan fingerprint density at radius 3 is 1.23 bits per heavy atom. The maximum atomic E-state index is 12.8. The Morgan fingerprint density at radius 2 is 0.825 bits per heavy atom. The Balaban J connectivity index is 2.39. The first kappa shape index (κ1) is 53.1. The van der Waals surface area contributed by atoms with Crippen molar-refractivity contribution in [1.82, 2.24) is 14.5 Å². The third-order valence-corrected chi connectivity index (χ3v) is 11.8. The van der Waals surface area contributed by atoms with Gasteiger partial charge in [0.25, 0.3) is 0 Å². The average molecular weight is 802 g/mol. The zero-order valence-electron chi connectivity index (χ0n) is 38.4. The Bertz CT molecular complexity index is 928. The molecule has 0 bridgehead atoms. The number of carbonyl (C=O) groups is 2. The third-order valence-electron chi connectivity index (χ3n) is 11.8. The summed E-state index contributed by atoms with van der Waals surface area (Å²) in [5.41, 5.74) is 0. The number of rotatable bonds is 44. The summed E-state index contributed by atoms with van der Waals surface area (Å²) in [4.78, 5) is 32.5. The summed E-state index contributed by atoms with van der Waals surface area (Å²) in [6.07, 6.45) is 46.4. The van der Waals surface area contributed by atoms with Crippen molar-refractivity contribution in [2.75, 3.05) is 19.6 Å². The molecule has 2 atom stereocenters. The van der Waals surface area contributed by atoms with Crippen LogP contribution in [0.4, 0.5) is 0 Å². The number of imidazole rings is 1. The molecule has 0 saturated carbocycles. The van der Waals surface area contributed by atoms with Crippen LogP contribution in [0.25, 0.3) is 0 Å². The molecule has 0 aromatic carbocycles. The summed E-state index contributed by atoms with van der Waals surface area (Å²) in [5, 5.41) is 0. The standard InChI is InChI=1S/C50H95N3O4/c1-5-9-13-17-19-27-36-47(34-25-15-11-7-3)56-49(54)38-29-21-23-31-41-52(43-33-44-53-45-40-51-46-53)42-32-24-22-30-39-50(55)57-48(35-26-16-12-8-4)37-28-20-18-14-10-6-2/h40,45-48H,5-39,41-44H2,1-4H3. The van der Waals surface area contributed by atoms with Crippen LogP contribution >= 0.6 is 0 Å². The van der Waals surface area contributed by atoms with Gasteiger partial charge in [-0.25, -0.2) is 4.98 Å². The molecular formula is C50H95N3O4. The van der Waals surface area contributed by atoms with Gasteiger partial charge >= 0.3 is 11.9 Å². The number of esters is 2. The predicted molar refractivity (Wildman–Crippen MR) is 243 cm³/mol. The average Bonchev–Trinajstić information content (AvgIpc) is 3.73. The molecule has 0 saturated heterocycles. The van der Waals surface area contributed by atoms with E-state index < -0.39 is 0 Å². The highest BCUT2D eigenvalue weighted by Crippen LogP contribution is 2.20. The quantitative estimate of drug-likeness (QED) is 0.0483. The van der Waals surface area contributed by atoms with Crippen LogP contribution in [-0.2, 0) is 25.6 Å². The summed E-state index contributed by atoms with van der Waals surface area (Å²) in [6, 6.07) is 0. The van der Waals surface area contributed by atoms with E-state index >= 15 is 0 Å². The van der Waals surface area contributed by atoms with Gasteiger partial charge in [-0.2, -0.15) is 0 Å². The number of carbonyl (C=O) groups excluding carboxylic acids is 2. The van der Waals surface area contributed by atoms with Gasteiger partial charge < -0.3 is 18.9 Å². The first-order valence-electron chi connectivity index (χ1n) is 25.1. The molecule has 0 spiro atoms. The smallest absolute Gasteiger partial charge is 0.306 e. The van der Waals surface area contributed by atoms with Gasteiger partial charge in [-0.3, -0.25) is 9.59 Å². The predicted octanol–water partition coefficient (Wildman–Crippen LogP) is 14.7. The van der Waals surface area contributed by atoms with Crippen LogP contribution in [0.1, 0.15) is 252 Å². The van der Waals surface area contributed by atoms with Crippen molar-refractivity contribution >= 4 is 11.9 Å². The summed E-state index contributed by atoms with van der Waals surface area (Å²) in [6.45, 7) is 13.3. The van der Waals surface area contributed by atoms with Crippen LogP contribution in [0.15, 0.2) is 18.7 Å².